The van der Waals surface area contributed by atoms with Gasteiger partial charge in [-0.1, -0.05) is 13.8 Å². The van der Waals surface area contributed by atoms with Crippen LogP contribution in [0.1, 0.15) is 71.6 Å². The first-order valence-corrected chi connectivity index (χ1v) is 10.3. The molecule has 4 saturated carbocycles. The second kappa shape index (κ2) is 5.72. The molecule has 1 saturated heterocycles. The fourth-order valence-corrected chi connectivity index (χ4v) is 7.79. The molecule has 4 bridgehead atoms. The zero-order valence-electron chi connectivity index (χ0n) is 16.0. The lowest BCUT2D eigenvalue weighted by atomic mass is 9.40. The first-order chi connectivity index (χ1) is 11.4. The first kappa shape index (κ1) is 16.9. The Hall–Kier alpha value is -0.570. The summed E-state index contributed by atoms with van der Waals surface area (Å²) in [6, 6.07) is 0. The zero-order valence-corrected chi connectivity index (χ0v) is 16.0. The molecule has 5 fully saturated rings. The van der Waals surface area contributed by atoms with Crippen LogP contribution in [0.15, 0.2) is 0 Å². The Balaban J connectivity index is 1.45. The summed E-state index contributed by atoms with van der Waals surface area (Å²) in [4.78, 5) is 15.8. The highest BCUT2D eigenvalue weighted by Gasteiger charge is 2.63. The average Bonchev–Trinajstić information content (AvgIpc) is 2.49. The maximum atomic E-state index is 13.6. The van der Waals surface area contributed by atoms with Crippen molar-refractivity contribution in [3.63, 3.8) is 0 Å². The molecule has 4 aliphatic carbocycles. The van der Waals surface area contributed by atoms with E-state index in [1.807, 2.05) is 7.05 Å². The molecule has 1 N–H and O–H groups in total. The minimum absolute atomic E-state index is 0.000722. The molecule has 5 aliphatic rings. The molecule has 2 atom stereocenters. The Morgan fingerprint density at radius 2 is 1.67 bits per heavy atom. The number of carbonyl (C=O) groups is 1. The van der Waals surface area contributed by atoms with Crippen LogP contribution < -0.4 is 5.32 Å². The number of nitrogens with zero attached hydrogens (tertiary/aromatic N) is 1. The van der Waals surface area contributed by atoms with Crippen LogP contribution in [0.3, 0.4) is 0 Å². The lowest BCUT2D eigenvalue weighted by Crippen LogP contribution is -2.61. The van der Waals surface area contributed by atoms with Gasteiger partial charge in [0.25, 0.3) is 0 Å². The van der Waals surface area contributed by atoms with Gasteiger partial charge in [0, 0.05) is 13.1 Å². The highest BCUT2D eigenvalue weighted by atomic mass is 16.2. The van der Waals surface area contributed by atoms with Crippen molar-refractivity contribution in [3.05, 3.63) is 0 Å². The van der Waals surface area contributed by atoms with E-state index in [-0.39, 0.29) is 5.41 Å². The van der Waals surface area contributed by atoms with Gasteiger partial charge in [0.15, 0.2) is 0 Å². The molecule has 3 heteroatoms. The van der Waals surface area contributed by atoms with Crippen LogP contribution in [0.4, 0.5) is 0 Å². The molecule has 0 aromatic carbocycles. The molecule has 0 aromatic heterocycles. The van der Waals surface area contributed by atoms with Crippen LogP contribution in [0.2, 0.25) is 0 Å². The van der Waals surface area contributed by atoms with Crippen molar-refractivity contribution in [2.45, 2.75) is 71.6 Å². The number of hydrogen-bond donors (Lipinski definition) is 1. The molecule has 0 spiro atoms. The van der Waals surface area contributed by atoms with E-state index in [4.69, 9.17) is 0 Å². The number of rotatable bonds is 4. The number of nitrogens with one attached hydrogen (secondary N) is 1. The number of likely N-dealkylation sites (tertiary alicyclic amines) is 1. The standard InChI is InChI=1S/C21H36N2O/c1-19-10-17-11-20(2,13-19)15-21(12-17,14-19)18(24)23-8-5-16(6-9-23)4-7-22-3/h16-17,22H,4-15H2,1-3H3. The van der Waals surface area contributed by atoms with Gasteiger partial charge in [-0.25, -0.2) is 0 Å². The number of hydrogen-bond acceptors (Lipinski definition) is 2. The van der Waals surface area contributed by atoms with Crippen LogP contribution in [0, 0.1) is 28.1 Å². The monoisotopic (exact) mass is 332 g/mol. The van der Waals surface area contributed by atoms with Crippen molar-refractivity contribution in [2.24, 2.45) is 28.1 Å². The average molecular weight is 333 g/mol. The van der Waals surface area contributed by atoms with Gasteiger partial charge in [0.05, 0.1) is 5.41 Å². The smallest absolute Gasteiger partial charge is 0.228 e. The van der Waals surface area contributed by atoms with Crippen molar-refractivity contribution in [1.29, 1.82) is 0 Å². The van der Waals surface area contributed by atoms with Gasteiger partial charge in [0.2, 0.25) is 5.91 Å². The van der Waals surface area contributed by atoms with E-state index >= 15 is 0 Å². The van der Waals surface area contributed by atoms with Gasteiger partial charge in [-0.2, -0.15) is 0 Å². The molecule has 1 amide bonds. The van der Waals surface area contributed by atoms with E-state index in [2.05, 4.69) is 24.1 Å². The quantitative estimate of drug-likeness (QED) is 0.848. The molecule has 1 aliphatic heterocycles. The van der Waals surface area contributed by atoms with E-state index in [0.29, 0.717) is 16.7 Å². The van der Waals surface area contributed by atoms with E-state index in [0.717, 1.165) is 31.5 Å². The molecular formula is C21H36N2O. The second-order valence-corrected chi connectivity index (χ2v) is 10.5. The molecule has 24 heavy (non-hydrogen) atoms. The third-order valence-electron chi connectivity index (χ3n) is 7.78. The van der Waals surface area contributed by atoms with Gasteiger partial charge in [-0.15, -0.1) is 0 Å². The van der Waals surface area contributed by atoms with Crippen molar-refractivity contribution in [2.75, 3.05) is 26.7 Å². The minimum atomic E-state index is 0.000722. The molecule has 5 rings (SSSR count). The summed E-state index contributed by atoms with van der Waals surface area (Å²) in [5.74, 6) is 2.16. The Morgan fingerprint density at radius 1 is 1.04 bits per heavy atom. The number of carbonyl (C=O) groups excluding carboxylic acids is 1. The van der Waals surface area contributed by atoms with Gasteiger partial charge >= 0.3 is 0 Å². The SMILES string of the molecule is CNCCC1CCN(C(=O)C23CC4CC(C)(CC(C)(C4)C2)C3)CC1. The third kappa shape index (κ3) is 2.81. The predicted octanol–water partition coefficient (Wildman–Crippen LogP) is 3.83. The Bertz CT molecular complexity index is 490. The van der Waals surface area contributed by atoms with Crippen LogP contribution in [0.25, 0.3) is 0 Å². The van der Waals surface area contributed by atoms with Crippen LogP contribution >= 0.6 is 0 Å². The van der Waals surface area contributed by atoms with E-state index in [1.165, 1.54) is 57.8 Å². The van der Waals surface area contributed by atoms with Gasteiger partial charge in [-0.3, -0.25) is 4.79 Å². The van der Waals surface area contributed by atoms with Gasteiger partial charge in [0.1, 0.15) is 0 Å². The van der Waals surface area contributed by atoms with Crippen molar-refractivity contribution in [1.82, 2.24) is 10.2 Å². The fraction of sp³-hybridized carbons (Fsp3) is 0.952. The highest BCUT2D eigenvalue weighted by molar-refractivity contribution is 5.83. The van der Waals surface area contributed by atoms with Crippen molar-refractivity contribution in [3.8, 4) is 0 Å². The lowest BCUT2D eigenvalue weighted by Gasteiger charge is -2.65. The molecule has 3 nitrogen and oxygen atoms in total. The minimum Gasteiger partial charge on any atom is -0.342 e. The van der Waals surface area contributed by atoms with Crippen LogP contribution in [-0.4, -0.2) is 37.5 Å². The van der Waals surface area contributed by atoms with Gasteiger partial charge in [-0.05, 0) is 94.0 Å². The Labute approximate surface area is 147 Å². The molecular weight excluding hydrogens is 296 g/mol. The number of piperidine rings is 1. The largest absolute Gasteiger partial charge is 0.342 e. The highest BCUT2D eigenvalue weighted by Crippen LogP contribution is 2.69. The second-order valence-electron chi connectivity index (χ2n) is 10.5. The topological polar surface area (TPSA) is 32.3 Å². The molecule has 0 radical (unpaired) electrons. The van der Waals surface area contributed by atoms with Crippen molar-refractivity contribution >= 4 is 5.91 Å². The summed E-state index contributed by atoms with van der Waals surface area (Å²) in [6.07, 6.45) is 11.3. The molecule has 136 valence electrons. The summed E-state index contributed by atoms with van der Waals surface area (Å²) in [5.41, 5.74) is 0.880. The van der Waals surface area contributed by atoms with E-state index < -0.39 is 0 Å². The zero-order chi connectivity index (χ0) is 17.0. The summed E-state index contributed by atoms with van der Waals surface area (Å²) in [6.45, 7) is 8.07. The Morgan fingerprint density at radius 3 is 2.21 bits per heavy atom. The summed E-state index contributed by atoms with van der Waals surface area (Å²) >= 11 is 0. The normalized spacial score (nSPS) is 45.0. The molecule has 0 aromatic rings. The van der Waals surface area contributed by atoms with Crippen LogP contribution in [0.5, 0.6) is 0 Å². The summed E-state index contributed by atoms with van der Waals surface area (Å²) in [7, 11) is 2.03. The number of amides is 1. The maximum Gasteiger partial charge on any atom is 0.228 e. The first-order valence-electron chi connectivity index (χ1n) is 10.3. The molecule has 2 unspecified atom stereocenters. The Kier molecular flexibility index (Phi) is 4.02. The van der Waals surface area contributed by atoms with E-state index in [1.54, 1.807) is 0 Å². The fourth-order valence-electron chi connectivity index (χ4n) is 7.79. The third-order valence-corrected chi connectivity index (χ3v) is 7.78. The predicted molar refractivity (Wildman–Crippen MR) is 97.7 cm³/mol. The van der Waals surface area contributed by atoms with E-state index in [9.17, 15) is 4.79 Å². The van der Waals surface area contributed by atoms with Crippen molar-refractivity contribution < 1.29 is 4.79 Å². The lowest BCUT2D eigenvalue weighted by molar-refractivity contribution is -0.180. The summed E-state index contributed by atoms with van der Waals surface area (Å²) in [5, 5.41) is 3.27. The molecule has 1 heterocycles. The van der Waals surface area contributed by atoms with Crippen LogP contribution in [-0.2, 0) is 4.79 Å². The summed E-state index contributed by atoms with van der Waals surface area (Å²) < 4.78 is 0. The maximum absolute atomic E-state index is 13.6. The van der Waals surface area contributed by atoms with Gasteiger partial charge < -0.3 is 10.2 Å².